The van der Waals surface area contributed by atoms with Crippen molar-refractivity contribution in [2.45, 2.75) is 19.3 Å². The van der Waals surface area contributed by atoms with Gasteiger partial charge in [-0.25, -0.2) is 0 Å². The average molecular weight is 460 g/mol. The van der Waals surface area contributed by atoms with Crippen LogP contribution in [0.2, 0.25) is 0 Å². The summed E-state index contributed by atoms with van der Waals surface area (Å²) in [6.45, 7) is 4.19. The van der Waals surface area contributed by atoms with Gasteiger partial charge in [-0.1, -0.05) is 46.3 Å². The Kier molecular flexibility index (Phi) is 5.86. The second kappa shape index (κ2) is 8.60. The second-order valence-electron chi connectivity index (χ2n) is 7.56. The summed E-state index contributed by atoms with van der Waals surface area (Å²) in [4.78, 5) is 3.31. The molecule has 0 bridgehead atoms. The molecule has 0 aliphatic rings. The number of nitrogens with zero attached hydrogens (tertiary/aromatic N) is 4. The predicted octanol–water partition coefficient (Wildman–Crippen LogP) is 7.05. The summed E-state index contributed by atoms with van der Waals surface area (Å²) in [5.41, 5.74) is 1.42. The lowest BCUT2D eigenvalue weighted by Gasteiger charge is -2.26. The SMILES string of the molecule is CC(C)(c1cccc(-c2ccc(F)nc2F)p1)c1cccc(-n2ccc(C#N)c2C#N)p1. The first-order valence-corrected chi connectivity index (χ1v) is 11.4. The number of halogens is 2. The molecule has 0 fully saturated rings. The van der Waals surface area contributed by atoms with Gasteiger partial charge in [0.1, 0.15) is 17.8 Å². The van der Waals surface area contributed by atoms with Gasteiger partial charge in [-0.15, -0.1) is 0 Å². The lowest BCUT2D eigenvalue weighted by Crippen LogP contribution is -2.16. The number of hydrogen-bond acceptors (Lipinski definition) is 3. The molecule has 0 aliphatic heterocycles. The van der Waals surface area contributed by atoms with Crippen LogP contribution in [0.1, 0.15) is 35.7 Å². The molecular formula is C24H16F2N4P2. The maximum atomic E-state index is 14.2. The first-order chi connectivity index (χ1) is 15.3. The minimum Gasteiger partial charge on any atom is -0.303 e. The lowest BCUT2D eigenvalue weighted by atomic mass is 9.89. The van der Waals surface area contributed by atoms with E-state index in [1.54, 1.807) is 16.8 Å². The van der Waals surface area contributed by atoms with Crippen molar-refractivity contribution >= 4 is 16.4 Å². The Labute approximate surface area is 187 Å². The Morgan fingerprint density at radius 3 is 2.31 bits per heavy atom. The topological polar surface area (TPSA) is 65.4 Å². The number of rotatable bonds is 4. The second-order valence-corrected chi connectivity index (χ2v) is 9.91. The van der Waals surface area contributed by atoms with E-state index in [1.165, 1.54) is 6.07 Å². The first-order valence-electron chi connectivity index (χ1n) is 9.64. The van der Waals surface area contributed by atoms with E-state index in [9.17, 15) is 19.3 Å². The summed E-state index contributed by atoms with van der Waals surface area (Å²) in [5, 5.41) is 21.6. The zero-order chi connectivity index (χ0) is 22.9. The molecule has 0 unspecified atom stereocenters. The Balaban J connectivity index is 1.77. The first kappa shape index (κ1) is 21.8. The van der Waals surface area contributed by atoms with E-state index in [0.29, 0.717) is 16.6 Å². The highest BCUT2D eigenvalue weighted by Gasteiger charge is 2.26. The highest BCUT2D eigenvalue weighted by molar-refractivity contribution is 7.36. The fourth-order valence-corrected chi connectivity index (χ4v) is 6.00. The third kappa shape index (κ3) is 3.92. The molecule has 4 heterocycles. The van der Waals surface area contributed by atoms with E-state index < -0.39 is 11.9 Å². The van der Waals surface area contributed by atoms with Crippen molar-refractivity contribution in [2.24, 2.45) is 0 Å². The number of aromatic nitrogens is 2. The summed E-state index contributed by atoms with van der Waals surface area (Å²) in [7, 11) is 1.71. The molecule has 156 valence electrons. The molecule has 0 N–H and O–H groups in total. The number of hydrogen-bond donors (Lipinski definition) is 0. The Hall–Kier alpha value is -3.43. The van der Waals surface area contributed by atoms with Crippen LogP contribution in [0.3, 0.4) is 0 Å². The molecular weight excluding hydrogens is 444 g/mol. The molecule has 0 radical (unpaired) electrons. The van der Waals surface area contributed by atoms with Crippen molar-refractivity contribution in [3.63, 3.8) is 0 Å². The molecule has 8 heteroatoms. The highest BCUT2D eigenvalue weighted by atomic mass is 31.0. The van der Waals surface area contributed by atoms with E-state index in [1.807, 2.05) is 42.5 Å². The zero-order valence-corrected chi connectivity index (χ0v) is 19.0. The van der Waals surface area contributed by atoms with Gasteiger partial charge < -0.3 is 4.57 Å². The largest absolute Gasteiger partial charge is 0.303 e. The van der Waals surface area contributed by atoms with Crippen LogP contribution in [0.25, 0.3) is 16.3 Å². The van der Waals surface area contributed by atoms with Gasteiger partial charge in [0.05, 0.1) is 11.0 Å². The van der Waals surface area contributed by atoms with E-state index >= 15 is 0 Å². The molecule has 0 saturated heterocycles. The van der Waals surface area contributed by atoms with Crippen LogP contribution >= 0.6 is 16.4 Å². The normalized spacial score (nSPS) is 11.6. The van der Waals surface area contributed by atoms with Gasteiger partial charge in [0.2, 0.25) is 11.9 Å². The molecule has 4 nitrogen and oxygen atoms in total. The van der Waals surface area contributed by atoms with Crippen molar-refractivity contribution in [2.75, 3.05) is 0 Å². The zero-order valence-electron chi connectivity index (χ0n) is 17.2. The van der Waals surface area contributed by atoms with Crippen molar-refractivity contribution in [1.29, 1.82) is 10.5 Å². The molecule has 0 aliphatic carbocycles. The van der Waals surface area contributed by atoms with Gasteiger partial charge in [-0.2, -0.15) is 24.3 Å². The third-order valence-corrected chi connectivity index (χ3v) is 8.34. The quantitative estimate of drug-likeness (QED) is 0.307. The van der Waals surface area contributed by atoms with Crippen LogP contribution in [0, 0.1) is 34.6 Å². The molecule has 0 spiro atoms. The minimum atomic E-state index is -0.846. The van der Waals surface area contributed by atoms with Gasteiger partial charge >= 0.3 is 0 Å². The highest BCUT2D eigenvalue weighted by Crippen LogP contribution is 2.44. The van der Waals surface area contributed by atoms with E-state index in [-0.39, 0.29) is 11.0 Å². The van der Waals surface area contributed by atoms with E-state index in [0.717, 1.165) is 38.5 Å². The summed E-state index contributed by atoms with van der Waals surface area (Å²) >= 11 is 0. The Bertz CT molecular complexity index is 1410. The van der Waals surface area contributed by atoms with Gasteiger partial charge in [-0.3, -0.25) is 0 Å². The van der Waals surface area contributed by atoms with Crippen molar-refractivity contribution < 1.29 is 8.78 Å². The summed E-state index contributed by atoms with van der Waals surface area (Å²) in [6, 6.07) is 20.0. The van der Waals surface area contributed by atoms with E-state index in [2.05, 4.69) is 24.9 Å². The van der Waals surface area contributed by atoms with Crippen LogP contribution in [0.4, 0.5) is 8.78 Å². The number of nitriles is 2. The fourth-order valence-electron chi connectivity index (χ4n) is 3.40. The molecule has 4 aromatic rings. The van der Waals surface area contributed by atoms with E-state index in [4.69, 9.17) is 0 Å². The third-order valence-electron chi connectivity index (χ3n) is 5.21. The summed E-state index contributed by atoms with van der Waals surface area (Å²) in [6.07, 6.45) is 1.73. The lowest BCUT2D eigenvalue weighted by molar-refractivity contribution is 0.515. The van der Waals surface area contributed by atoms with Crippen molar-refractivity contribution in [3.05, 3.63) is 94.5 Å². The Morgan fingerprint density at radius 1 is 0.906 bits per heavy atom. The van der Waals surface area contributed by atoms with Gasteiger partial charge in [-0.05, 0) is 49.1 Å². The smallest absolute Gasteiger partial charge is 0.223 e. The Morgan fingerprint density at radius 2 is 1.62 bits per heavy atom. The summed E-state index contributed by atoms with van der Waals surface area (Å²) < 4.78 is 29.2. The molecule has 32 heavy (non-hydrogen) atoms. The minimum absolute atomic E-state index is 0.281. The maximum Gasteiger partial charge on any atom is 0.223 e. The van der Waals surface area contributed by atoms with Crippen molar-refractivity contribution in [3.8, 4) is 28.4 Å². The molecule has 0 aromatic carbocycles. The monoisotopic (exact) mass is 460 g/mol. The molecule has 4 aromatic heterocycles. The van der Waals surface area contributed by atoms with Crippen LogP contribution in [-0.4, -0.2) is 9.55 Å². The predicted molar refractivity (Wildman–Crippen MR) is 122 cm³/mol. The van der Waals surface area contributed by atoms with Gasteiger partial charge in [0.15, 0.2) is 0 Å². The average Bonchev–Trinajstić information content (AvgIpc) is 3.22. The van der Waals surface area contributed by atoms with Crippen LogP contribution in [0.5, 0.6) is 0 Å². The van der Waals surface area contributed by atoms with Crippen LogP contribution in [0.15, 0.2) is 60.8 Å². The fraction of sp³-hybridized carbons (Fsp3) is 0.125. The molecule has 0 saturated carbocycles. The van der Waals surface area contributed by atoms with Crippen LogP contribution < -0.4 is 0 Å². The standard InChI is InChI=1S/C24H16F2N4P2/c1-24(2,19-6-3-5-18(31-19)16-9-10-21(25)29-23(16)26)20-7-4-8-22(32-20)30-12-11-15(13-27)17(30)14-28/h3-12H,1-2H3. The maximum absolute atomic E-state index is 14.2. The molecule has 4 rings (SSSR count). The molecule has 0 atom stereocenters. The van der Waals surface area contributed by atoms with Gasteiger partial charge in [0, 0.05) is 22.5 Å². The number of pyridine rings is 1. The van der Waals surface area contributed by atoms with Crippen LogP contribution in [-0.2, 0) is 5.41 Å². The van der Waals surface area contributed by atoms with Gasteiger partial charge in [0.25, 0.3) is 0 Å². The van der Waals surface area contributed by atoms with Crippen molar-refractivity contribution in [1.82, 2.24) is 9.55 Å². The molecule has 0 amide bonds. The summed E-state index contributed by atoms with van der Waals surface area (Å²) in [5.74, 6) is -1.67.